The van der Waals surface area contributed by atoms with Gasteiger partial charge in [-0.05, 0) is 44.0 Å². The van der Waals surface area contributed by atoms with Gasteiger partial charge in [-0.25, -0.2) is 0 Å². The lowest BCUT2D eigenvalue weighted by atomic mass is 10.1. The molecule has 3 heterocycles. The van der Waals surface area contributed by atoms with Crippen LogP contribution in [0.2, 0.25) is 0 Å². The molecule has 6 nitrogen and oxygen atoms in total. The largest absolute Gasteiger partial charge is 0.435 e. The fourth-order valence-corrected chi connectivity index (χ4v) is 3.50. The first-order chi connectivity index (χ1) is 13.5. The lowest BCUT2D eigenvalue weighted by molar-refractivity contribution is -0.141. The van der Waals surface area contributed by atoms with Gasteiger partial charge in [0.2, 0.25) is 5.89 Å². The fraction of sp³-hybridized carbons (Fsp3) is 0.421. The first kappa shape index (κ1) is 18.7. The van der Waals surface area contributed by atoms with Crippen LogP contribution in [0.15, 0.2) is 34.7 Å². The summed E-state index contributed by atoms with van der Waals surface area (Å²) in [5, 5.41) is 15.1. The molecule has 1 aliphatic heterocycles. The summed E-state index contributed by atoms with van der Waals surface area (Å²) >= 11 is 0. The Morgan fingerprint density at radius 2 is 1.86 bits per heavy atom. The van der Waals surface area contributed by atoms with Gasteiger partial charge in [0.05, 0.1) is 6.04 Å². The van der Waals surface area contributed by atoms with Crippen molar-refractivity contribution in [1.29, 1.82) is 0 Å². The molecule has 1 fully saturated rings. The van der Waals surface area contributed by atoms with Crippen molar-refractivity contribution in [2.24, 2.45) is 0 Å². The maximum Gasteiger partial charge on any atom is 0.435 e. The molecule has 0 aliphatic carbocycles. The van der Waals surface area contributed by atoms with E-state index in [-0.39, 0.29) is 17.6 Å². The van der Waals surface area contributed by atoms with Gasteiger partial charge in [0.15, 0.2) is 5.69 Å². The average molecular weight is 391 g/mol. The zero-order valence-corrected chi connectivity index (χ0v) is 15.3. The summed E-state index contributed by atoms with van der Waals surface area (Å²) in [6.07, 6.45) is -2.39. The fourth-order valence-electron chi connectivity index (χ4n) is 3.50. The molecule has 1 saturated heterocycles. The van der Waals surface area contributed by atoms with Crippen molar-refractivity contribution in [2.75, 3.05) is 13.1 Å². The SMILES string of the molecule is CCc1ccccc1-c1nnc(-c2cc(C(F)(F)F)nn2C2CCNCC2)o1. The van der Waals surface area contributed by atoms with Crippen LogP contribution in [0.1, 0.15) is 37.1 Å². The topological polar surface area (TPSA) is 68.8 Å². The van der Waals surface area contributed by atoms with Gasteiger partial charge < -0.3 is 9.73 Å². The number of aryl methyl sites for hydroxylation is 1. The third-order valence-electron chi connectivity index (χ3n) is 4.95. The van der Waals surface area contributed by atoms with Gasteiger partial charge in [0, 0.05) is 11.6 Å². The van der Waals surface area contributed by atoms with E-state index in [1.165, 1.54) is 4.68 Å². The summed E-state index contributed by atoms with van der Waals surface area (Å²) < 4.78 is 47.0. The molecule has 0 unspecified atom stereocenters. The zero-order valence-electron chi connectivity index (χ0n) is 15.3. The highest BCUT2D eigenvalue weighted by atomic mass is 19.4. The smallest absolute Gasteiger partial charge is 0.415 e. The second kappa shape index (κ2) is 7.38. The van der Waals surface area contributed by atoms with Gasteiger partial charge in [0.25, 0.3) is 5.89 Å². The highest BCUT2D eigenvalue weighted by Crippen LogP contribution is 2.35. The number of hydrogen-bond donors (Lipinski definition) is 1. The molecule has 1 N–H and O–H groups in total. The van der Waals surface area contributed by atoms with Gasteiger partial charge >= 0.3 is 6.18 Å². The van der Waals surface area contributed by atoms with Gasteiger partial charge in [0.1, 0.15) is 5.69 Å². The molecular formula is C19H20F3N5O. The van der Waals surface area contributed by atoms with E-state index < -0.39 is 11.9 Å². The lowest BCUT2D eigenvalue weighted by Gasteiger charge is -2.24. The van der Waals surface area contributed by atoms with Gasteiger partial charge in [-0.15, -0.1) is 10.2 Å². The van der Waals surface area contributed by atoms with Crippen LogP contribution in [0.3, 0.4) is 0 Å². The Balaban J connectivity index is 1.76. The third kappa shape index (κ3) is 3.54. The number of benzene rings is 1. The molecule has 0 spiro atoms. The van der Waals surface area contributed by atoms with Crippen molar-refractivity contribution >= 4 is 0 Å². The standard InChI is InChI=1S/C19H20F3N5O/c1-2-12-5-3-4-6-14(12)17-24-25-18(28-17)15-11-16(19(20,21)22)26-27(15)13-7-9-23-10-8-13/h3-6,11,13,23H,2,7-10H2,1H3. The van der Waals surface area contributed by atoms with E-state index in [2.05, 4.69) is 20.6 Å². The van der Waals surface area contributed by atoms with Gasteiger partial charge in [-0.2, -0.15) is 18.3 Å². The quantitative estimate of drug-likeness (QED) is 0.725. The molecule has 4 rings (SSSR count). The predicted molar refractivity (Wildman–Crippen MR) is 96.5 cm³/mol. The monoisotopic (exact) mass is 391 g/mol. The van der Waals surface area contributed by atoms with Crippen molar-refractivity contribution in [3.05, 3.63) is 41.6 Å². The first-order valence-electron chi connectivity index (χ1n) is 9.27. The summed E-state index contributed by atoms with van der Waals surface area (Å²) in [5.41, 5.74) is 1.06. The summed E-state index contributed by atoms with van der Waals surface area (Å²) in [6, 6.07) is 8.44. The Labute approximate surface area is 159 Å². The zero-order chi connectivity index (χ0) is 19.7. The molecule has 0 saturated carbocycles. The third-order valence-corrected chi connectivity index (χ3v) is 4.95. The molecule has 9 heteroatoms. The van der Waals surface area contributed by atoms with Gasteiger partial charge in [-0.3, -0.25) is 4.68 Å². The van der Waals surface area contributed by atoms with Crippen LogP contribution in [0.25, 0.3) is 23.0 Å². The number of rotatable bonds is 4. The molecule has 0 atom stereocenters. The molecule has 0 amide bonds. The summed E-state index contributed by atoms with van der Waals surface area (Å²) in [6.45, 7) is 3.46. The highest BCUT2D eigenvalue weighted by molar-refractivity contribution is 5.60. The van der Waals surface area contributed by atoms with E-state index in [4.69, 9.17) is 4.42 Å². The van der Waals surface area contributed by atoms with E-state index in [0.717, 1.165) is 36.7 Å². The predicted octanol–water partition coefficient (Wildman–Crippen LogP) is 4.11. The minimum absolute atomic E-state index is 0.0439. The molecule has 1 aliphatic rings. The Hall–Kier alpha value is -2.68. The van der Waals surface area contributed by atoms with E-state index in [1.54, 1.807) is 0 Å². The van der Waals surface area contributed by atoms with E-state index in [9.17, 15) is 13.2 Å². The second-order valence-electron chi connectivity index (χ2n) is 6.76. The summed E-state index contributed by atoms with van der Waals surface area (Å²) in [5.74, 6) is 0.335. The first-order valence-corrected chi connectivity index (χ1v) is 9.27. The van der Waals surface area contributed by atoms with Crippen molar-refractivity contribution in [3.8, 4) is 23.0 Å². The maximum atomic E-state index is 13.3. The highest BCUT2D eigenvalue weighted by Gasteiger charge is 2.37. The number of aromatic nitrogens is 4. The lowest BCUT2D eigenvalue weighted by Crippen LogP contribution is -2.30. The molecule has 2 aromatic heterocycles. The van der Waals surface area contributed by atoms with Crippen LogP contribution in [0.5, 0.6) is 0 Å². The Kier molecular flexibility index (Phi) is 4.92. The van der Waals surface area contributed by atoms with Crippen LogP contribution in [-0.4, -0.2) is 33.1 Å². The van der Waals surface area contributed by atoms with Crippen molar-refractivity contribution in [3.63, 3.8) is 0 Å². The van der Waals surface area contributed by atoms with Crippen LogP contribution in [0, 0.1) is 0 Å². The van der Waals surface area contributed by atoms with Crippen LogP contribution >= 0.6 is 0 Å². The average Bonchev–Trinajstić information content (AvgIpc) is 3.35. The maximum absolute atomic E-state index is 13.3. The van der Waals surface area contributed by atoms with E-state index in [0.29, 0.717) is 18.7 Å². The van der Waals surface area contributed by atoms with E-state index >= 15 is 0 Å². The second-order valence-corrected chi connectivity index (χ2v) is 6.76. The van der Waals surface area contributed by atoms with Crippen molar-refractivity contribution < 1.29 is 17.6 Å². The number of hydrogen-bond acceptors (Lipinski definition) is 5. The minimum Gasteiger partial charge on any atom is -0.415 e. The van der Waals surface area contributed by atoms with Crippen molar-refractivity contribution in [2.45, 2.75) is 38.4 Å². The number of alkyl halides is 3. The molecule has 0 bridgehead atoms. The molecule has 1 aromatic carbocycles. The van der Waals surface area contributed by atoms with Crippen LogP contribution in [0.4, 0.5) is 13.2 Å². The van der Waals surface area contributed by atoms with Crippen molar-refractivity contribution in [1.82, 2.24) is 25.3 Å². The molecule has 28 heavy (non-hydrogen) atoms. The Bertz CT molecular complexity index is 957. The summed E-state index contributed by atoms with van der Waals surface area (Å²) in [4.78, 5) is 0. The molecular weight excluding hydrogens is 371 g/mol. The number of halogens is 3. The van der Waals surface area contributed by atoms with Gasteiger partial charge in [-0.1, -0.05) is 25.1 Å². The number of piperidine rings is 1. The van der Waals surface area contributed by atoms with E-state index in [1.807, 2.05) is 31.2 Å². The van der Waals surface area contributed by atoms with Crippen LogP contribution < -0.4 is 5.32 Å². The molecule has 0 radical (unpaired) electrons. The summed E-state index contributed by atoms with van der Waals surface area (Å²) in [7, 11) is 0. The minimum atomic E-state index is -4.54. The van der Waals surface area contributed by atoms with Crippen LogP contribution in [-0.2, 0) is 12.6 Å². The number of nitrogens with one attached hydrogen (secondary N) is 1. The Morgan fingerprint density at radius 3 is 2.57 bits per heavy atom. The number of nitrogens with zero attached hydrogens (tertiary/aromatic N) is 4. The Morgan fingerprint density at radius 1 is 1.14 bits per heavy atom. The molecule has 148 valence electrons. The molecule has 3 aromatic rings. The normalized spacial score (nSPS) is 15.9.